The molecule has 0 aliphatic carbocycles. The summed E-state index contributed by atoms with van der Waals surface area (Å²) in [7, 11) is 0. The third-order valence-electron chi connectivity index (χ3n) is 6.72. The van der Waals surface area contributed by atoms with Crippen LogP contribution in [0.25, 0.3) is 11.3 Å². The molecule has 45 heavy (non-hydrogen) atoms. The van der Waals surface area contributed by atoms with Gasteiger partial charge in [0.05, 0.1) is 21.8 Å². The summed E-state index contributed by atoms with van der Waals surface area (Å²) in [6.07, 6.45) is 0. The number of hydrogen-bond donors (Lipinski definition) is 1. The second-order valence-corrected chi connectivity index (χ2v) is 14.1. The Balaban J connectivity index is 0.000000210. The van der Waals surface area contributed by atoms with Crippen molar-refractivity contribution in [1.82, 2.24) is 19.7 Å². The van der Waals surface area contributed by atoms with Gasteiger partial charge in [-0.25, -0.2) is 14.5 Å². The summed E-state index contributed by atoms with van der Waals surface area (Å²) >= 11 is 41.4. The zero-order valence-corrected chi connectivity index (χ0v) is 29.0. The van der Waals surface area contributed by atoms with Crippen molar-refractivity contribution in [3.63, 3.8) is 0 Å². The Labute approximate surface area is 294 Å². The molecule has 1 aliphatic rings. The van der Waals surface area contributed by atoms with Gasteiger partial charge in [0, 0.05) is 15.1 Å². The van der Waals surface area contributed by atoms with Crippen LogP contribution >= 0.6 is 81.2 Å². The van der Waals surface area contributed by atoms with Gasteiger partial charge in [0.25, 0.3) is 11.7 Å². The minimum atomic E-state index is -1.97. The van der Waals surface area contributed by atoms with E-state index in [1.807, 2.05) is 63.2 Å². The van der Waals surface area contributed by atoms with E-state index in [0.717, 1.165) is 15.8 Å². The van der Waals surface area contributed by atoms with Crippen LogP contribution in [0.5, 0.6) is 0 Å². The third kappa shape index (κ3) is 8.00. The van der Waals surface area contributed by atoms with Gasteiger partial charge in [-0.2, -0.15) is 0 Å². The number of ether oxygens (including phenoxy) is 1. The molecule has 1 amide bonds. The molecule has 1 aliphatic heterocycles. The van der Waals surface area contributed by atoms with Gasteiger partial charge in [-0.05, 0) is 68.3 Å². The first-order valence-corrected chi connectivity index (χ1v) is 15.6. The molecule has 3 aromatic carbocycles. The van der Waals surface area contributed by atoms with E-state index in [2.05, 4.69) is 10.1 Å². The number of carboxylic acid groups (broad SMARTS) is 1. The van der Waals surface area contributed by atoms with Crippen molar-refractivity contribution in [1.29, 1.82) is 0 Å². The Morgan fingerprint density at radius 2 is 1.53 bits per heavy atom. The van der Waals surface area contributed by atoms with Gasteiger partial charge in [0.2, 0.25) is 3.79 Å². The van der Waals surface area contributed by atoms with Crippen LogP contribution in [0.3, 0.4) is 0 Å². The number of carbonyl (C=O) groups is 2. The quantitative estimate of drug-likeness (QED) is 0.204. The number of aromatic nitrogens is 3. The van der Waals surface area contributed by atoms with E-state index in [1.54, 1.807) is 11.0 Å². The lowest BCUT2D eigenvalue weighted by atomic mass is 9.90. The number of rotatable bonds is 5. The first-order valence-electron chi connectivity index (χ1n) is 12.9. The number of alkyl halides is 3. The first-order chi connectivity index (χ1) is 21.0. The maximum Gasteiger partial charge on any atom is 0.375 e. The molecule has 1 N–H and O–H groups in total. The zero-order chi connectivity index (χ0) is 33.3. The Morgan fingerprint density at radius 3 is 2.09 bits per heavy atom. The van der Waals surface area contributed by atoms with E-state index in [-0.39, 0.29) is 29.2 Å². The number of benzene rings is 3. The highest BCUT2D eigenvalue weighted by molar-refractivity contribution is 6.66. The number of hydrogen-bond acceptors (Lipinski definition) is 5. The van der Waals surface area contributed by atoms with Gasteiger partial charge in [-0.15, -0.1) is 5.10 Å². The summed E-state index contributed by atoms with van der Waals surface area (Å²) in [6.45, 7) is 5.91. The molecule has 5 rings (SSSR count). The third-order valence-corrected chi connectivity index (χ3v) is 8.20. The van der Waals surface area contributed by atoms with E-state index >= 15 is 0 Å². The summed E-state index contributed by atoms with van der Waals surface area (Å²) in [4.78, 5) is 29.6. The van der Waals surface area contributed by atoms with Crippen molar-refractivity contribution in [2.24, 2.45) is 0 Å². The maximum atomic E-state index is 13.2. The molecule has 236 valence electrons. The van der Waals surface area contributed by atoms with Crippen molar-refractivity contribution in [3.8, 4) is 5.69 Å². The Hall–Kier alpha value is -2.69. The molecule has 0 atom stereocenters. The zero-order valence-electron chi connectivity index (χ0n) is 23.7. The SMILES string of the molecule is CC1=C(c2ccccc2)C(=O)N(C(C)(C)c2cc(Cl)cc(Cl)c2)CO1.O=C(O)c1nc(C(Cl)(Cl)Cl)n(-c2ccc(Cl)cc2Cl)n1. The standard InChI is InChI=1S/C20H19Cl2NO2.C10H4Cl5N3O2/c1-13-18(14-7-5-4-6-8-14)19(24)23(12-25-13)20(2,3)15-9-16(21)11-17(22)10-15;11-4-1-2-6(5(12)3-4)18-9(10(13,14)15)16-7(17-18)8(19)20/h4-11H,12H2,1-3H3;1-3H,(H,19,20). The highest BCUT2D eigenvalue weighted by atomic mass is 35.6. The predicted octanol–water partition coefficient (Wildman–Crippen LogP) is 9.57. The second-order valence-electron chi connectivity index (χ2n) is 10.1. The molecule has 1 aromatic heterocycles. The normalized spacial score (nSPS) is 13.7. The highest BCUT2D eigenvalue weighted by Crippen LogP contribution is 2.39. The van der Waals surface area contributed by atoms with Crippen molar-refractivity contribution < 1.29 is 19.4 Å². The molecule has 4 aromatic rings. The Kier molecular flexibility index (Phi) is 10.9. The molecule has 0 spiro atoms. The fourth-order valence-electron chi connectivity index (χ4n) is 4.39. The molecule has 8 nitrogen and oxygen atoms in total. The predicted molar refractivity (Wildman–Crippen MR) is 179 cm³/mol. The second kappa shape index (κ2) is 14.0. The Morgan fingerprint density at radius 1 is 0.911 bits per heavy atom. The van der Waals surface area contributed by atoms with Crippen LogP contribution in [0, 0.1) is 0 Å². The molecule has 0 saturated carbocycles. The summed E-state index contributed by atoms with van der Waals surface area (Å²) < 4.78 is 4.90. The molecule has 0 saturated heterocycles. The Bertz CT molecular complexity index is 1770. The van der Waals surface area contributed by atoms with Gasteiger partial charge >= 0.3 is 5.97 Å². The molecular formula is C30H23Cl7N4O4. The first kappa shape index (κ1) is 35.2. The molecule has 2 heterocycles. The number of halogens is 7. The minimum Gasteiger partial charge on any atom is -0.477 e. The lowest BCUT2D eigenvalue weighted by Crippen LogP contribution is -2.49. The summed E-state index contributed by atoms with van der Waals surface area (Å²) in [5.74, 6) is -1.51. The van der Waals surface area contributed by atoms with Crippen LogP contribution in [0.1, 0.15) is 48.3 Å². The number of carbonyl (C=O) groups excluding carboxylic acids is 1. The molecule has 0 bridgehead atoms. The van der Waals surface area contributed by atoms with Crippen LogP contribution in [0.4, 0.5) is 0 Å². The van der Waals surface area contributed by atoms with Crippen LogP contribution in [0.15, 0.2) is 72.5 Å². The summed E-state index contributed by atoms with van der Waals surface area (Å²) in [6, 6.07) is 19.4. The van der Waals surface area contributed by atoms with Crippen LogP contribution in [-0.2, 0) is 18.9 Å². The monoisotopic (exact) mass is 748 g/mol. The smallest absolute Gasteiger partial charge is 0.375 e. The van der Waals surface area contributed by atoms with Gasteiger partial charge < -0.3 is 9.84 Å². The largest absolute Gasteiger partial charge is 0.477 e. The number of aromatic carboxylic acids is 1. The number of allylic oxidation sites excluding steroid dienone is 1. The summed E-state index contributed by atoms with van der Waals surface area (Å²) in [5.41, 5.74) is 1.93. The van der Waals surface area contributed by atoms with Crippen LogP contribution in [0.2, 0.25) is 20.1 Å². The van der Waals surface area contributed by atoms with Crippen LogP contribution in [-0.4, -0.2) is 43.4 Å². The van der Waals surface area contributed by atoms with Crippen molar-refractivity contribution >= 4 is 98.7 Å². The lowest BCUT2D eigenvalue weighted by Gasteiger charge is -2.42. The summed E-state index contributed by atoms with van der Waals surface area (Å²) in [5, 5.41) is 14.4. The fraction of sp³-hybridized carbons (Fsp3) is 0.200. The van der Waals surface area contributed by atoms with E-state index in [0.29, 0.717) is 26.4 Å². The van der Waals surface area contributed by atoms with E-state index in [4.69, 9.17) is 91.0 Å². The van der Waals surface area contributed by atoms with Gasteiger partial charge in [-0.1, -0.05) is 112 Å². The molecular weight excluding hydrogens is 729 g/mol. The average Bonchev–Trinajstić information content (AvgIpc) is 3.40. The number of amides is 1. The van der Waals surface area contributed by atoms with Crippen molar-refractivity contribution in [2.45, 2.75) is 30.1 Å². The lowest BCUT2D eigenvalue weighted by molar-refractivity contribution is -0.139. The van der Waals surface area contributed by atoms with Crippen LogP contribution < -0.4 is 0 Å². The maximum absolute atomic E-state index is 13.2. The van der Waals surface area contributed by atoms with Crippen molar-refractivity contribution in [3.05, 3.63) is 115 Å². The average molecular weight is 752 g/mol. The van der Waals surface area contributed by atoms with E-state index in [1.165, 1.54) is 18.2 Å². The van der Waals surface area contributed by atoms with E-state index in [9.17, 15) is 9.59 Å². The topological polar surface area (TPSA) is 97.5 Å². The molecule has 0 unspecified atom stereocenters. The molecule has 0 fully saturated rings. The highest BCUT2D eigenvalue weighted by Gasteiger charge is 2.39. The molecule has 0 radical (unpaired) electrons. The number of nitrogens with zero attached hydrogens (tertiary/aromatic N) is 4. The van der Waals surface area contributed by atoms with Gasteiger partial charge in [0.15, 0.2) is 12.6 Å². The van der Waals surface area contributed by atoms with E-state index < -0.39 is 21.1 Å². The molecule has 15 heteroatoms. The number of carboxylic acids is 1. The van der Waals surface area contributed by atoms with Crippen molar-refractivity contribution in [2.75, 3.05) is 6.73 Å². The van der Waals surface area contributed by atoms with Gasteiger partial charge in [0.1, 0.15) is 5.76 Å². The van der Waals surface area contributed by atoms with Gasteiger partial charge in [-0.3, -0.25) is 9.69 Å². The minimum absolute atomic E-state index is 0.0731. The fourth-order valence-corrected chi connectivity index (χ4v) is 5.78.